The predicted molar refractivity (Wildman–Crippen MR) is 104 cm³/mol. The summed E-state index contributed by atoms with van der Waals surface area (Å²) in [5.74, 6) is -1.54. The van der Waals surface area contributed by atoms with Crippen molar-refractivity contribution in [3.05, 3.63) is 64.7 Å². The molecule has 0 radical (unpaired) electrons. The summed E-state index contributed by atoms with van der Waals surface area (Å²) in [4.78, 5) is 24.6. The summed E-state index contributed by atoms with van der Waals surface area (Å²) < 4.78 is 0. The number of phenols is 1. The van der Waals surface area contributed by atoms with Crippen LogP contribution in [0.25, 0.3) is 10.8 Å². The number of halogens is 1. The molecule has 3 aromatic carbocycles. The number of fused-ring (bicyclic) bond motifs is 1. The largest absolute Gasteiger partial charge is 0.507 e. The molecule has 0 spiro atoms. The Morgan fingerprint density at radius 2 is 1.58 bits per heavy atom. The molecule has 3 aromatic rings. The van der Waals surface area contributed by atoms with E-state index in [9.17, 15) is 14.7 Å². The molecule has 0 heterocycles. The Hall–Kier alpha value is -3.05. The summed E-state index contributed by atoms with van der Waals surface area (Å²) in [6, 6.07) is 13.7. The molecular weight excluding hydrogens is 352 g/mol. The van der Waals surface area contributed by atoms with E-state index in [2.05, 4.69) is 10.6 Å². The monoisotopic (exact) mass is 368 g/mol. The van der Waals surface area contributed by atoms with E-state index in [1.54, 1.807) is 49.4 Å². The quantitative estimate of drug-likeness (QED) is 0.587. The summed E-state index contributed by atoms with van der Waals surface area (Å²) in [5.41, 5.74) is 2.58. The van der Waals surface area contributed by atoms with Crippen molar-refractivity contribution in [1.82, 2.24) is 0 Å². The lowest BCUT2D eigenvalue weighted by Gasteiger charge is -2.12. The summed E-state index contributed by atoms with van der Waals surface area (Å²) in [7, 11) is 0. The van der Waals surface area contributed by atoms with Crippen LogP contribution in [0.2, 0.25) is 5.02 Å². The van der Waals surface area contributed by atoms with Gasteiger partial charge in [-0.25, -0.2) is 0 Å². The van der Waals surface area contributed by atoms with Gasteiger partial charge in [0.1, 0.15) is 5.75 Å². The van der Waals surface area contributed by atoms with Crippen LogP contribution >= 0.6 is 11.6 Å². The fourth-order valence-corrected chi connectivity index (χ4v) is 3.19. The minimum absolute atomic E-state index is 0.102. The van der Waals surface area contributed by atoms with Gasteiger partial charge >= 0.3 is 11.8 Å². The Morgan fingerprint density at radius 1 is 0.923 bits per heavy atom. The van der Waals surface area contributed by atoms with Crippen molar-refractivity contribution >= 4 is 45.6 Å². The molecule has 6 heteroatoms. The maximum atomic E-state index is 12.3. The summed E-state index contributed by atoms with van der Waals surface area (Å²) in [5, 5.41) is 16.6. The van der Waals surface area contributed by atoms with Crippen LogP contribution in [-0.4, -0.2) is 16.9 Å². The van der Waals surface area contributed by atoms with Crippen LogP contribution in [0, 0.1) is 13.8 Å². The molecule has 0 saturated heterocycles. The first-order valence-electron chi connectivity index (χ1n) is 7.96. The molecule has 0 aromatic heterocycles. The summed E-state index contributed by atoms with van der Waals surface area (Å²) >= 11 is 6.17. The third-order valence-electron chi connectivity index (χ3n) is 4.02. The number of rotatable bonds is 2. The van der Waals surface area contributed by atoms with Gasteiger partial charge in [0.2, 0.25) is 0 Å². The number of aromatic hydroxyl groups is 1. The maximum Gasteiger partial charge on any atom is 0.314 e. The summed E-state index contributed by atoms with van der Waals surface area (Å²) in [6.45, 7) is 3.70. The average molecular weight is 369 g/mol. The number of anilines is 2. The van der Waals surface area contributed by atoms with Gasteiger partial charge in [0.15, 0.2) is 0 Å². The van der Waals surface area contributed by atoms with E-state index in [-0.39, 0.29) is 5.75 Å². The number of benzene rings is 3. The van der Waals surface area contributed by atoms with E-state index in [0.717, 1.165) is 11.1 Å². The number of aryl methyl sites for hydroxylation is 2. The molecular formula is C20H17ClN2O3. The predicted octanol–water partition coefficient (Wildman–Crippen LogP) is 4.39. The highest BCUT2D eigenvalue weighted by atomic mass is 35.5. The fraction of sp³-hybridized carbons (Fsp3) is 0.100. The van der Waals surface area contributed by atoms with E-state index >= 15 is 0 Å². The number of carbonyl (C=O) groups is 2. The first kappa shape index (κ1) is 17.8. The molecule has 2 amide bonds. The van der Waals surface area contributed by atoms with E-state index in [0.29, 0.717) is 27.2 Å². The second kappa shape index (κ2) is 7.06. The number of carbonyl (C=O) groups excluding carboxylic acids is 2. The number of hydrogen-bond donors (Lipinski definition) is 3. The van der Waals surface area contributed by atoms with Gasteiger partial charge in [0, 0.05) is 16.5 Å². The van der Waals surface area contributed by atoms with Gasteiger partial charge < -0.3 is 15.7 Å². The molecule has 0 aliphatic carbocycles. The van der Waals surface area contributed by atoms with Crippen molar-refractivity contribution in [2.45, 2.75) is 13.8 Å². The van der Waals surface area contributed by atoms with Gasteiger partial charge in [0.05, 0.1) is 10.7 Å². The lowest BCUT2D eigenvalue weighted by Crippen LogP contribution is -2.29. The van der Waals surface area contributed by atoms with Crippen molar-refractivity contribution in [2.75, 3.05) is 10.6 Å². The van der Waals surface area contributed by atoms with Crippen LogP contribution in [0.15, 0.2) is 48.5 Å². The smallest absolute Gasteiger partial charge is 0.314 e. The van der Waals surface area contributed by atoms with E-state index < -0.39 is 11.8 Å². The van der Waals surface area contributed by atoms with Crippen LogP contribution in [0.5, 0.6) is 5.75 Å². The molecule has 3 N–H and O–H groups in total. The highest BCUT2D eigenvalue weighted by molar-refractivity contribution is 6.45. The van der Waals surface area contributed by atoms with Gasteiger partial charge in [-0.1, -0.05) is 41.9 Å². The van der Waals surface area contributed by atoms with Gasteiger partial charge in [-0.3, -0.25) is 9.59 Å². The first-order valence-corrected chi connectivity index (χ1v) is 8.34. The highest BCUT2D eigenvalue weighted by Gasteiger charge is 2.18. The second-order valence-electron chi connectivity index (χ2n) is 6.02. The van der Waals surface area contributed by atoms with Crippen molar-refractivity contribution in [1.29, 1.82) is 0 Å². The minimum atomic E-state index is -0.823. The van der Waals surface area contributed by atoms with Crippen LogP contribution in [0.1, 0.15) is 11.1 Å². The zero-order valence-electron chi connectivity index (χ0n) is 14.3. The number of nitrogens with one attached hydrogen (secondary N) is 2. The number of hydrogen-bond acceptors (Lipinski definition) is 3. The van der Waals surface area contributed by atoms with Gasteiger partial charge in [-0.05, 0) is 43.2 Å². The Bertz CT molecular complexity index is 1010. The molecule has 0 atom stereocenters. The molecule has 0 saturated carbocycles. The highest BCUT2D eigenvalue weighted by Crippen LogP contribution is 2.30. The Morgan fingerprint density at radius 3 is 2.31 bits per heavy atom. The number of phenolic OH excluding ortho intramolecular Hbond substituents is 1. The lowest BCUT2D eigenvalue weighted by atomic mass is 10.1. The SMILES string of the molecule is Cc1cc(C)c(NC(=O)C(=O)Nc2cccc3c(O)cccc23)c(Cl)c1. The zero-order chi connectivity index (χ0) is 18.8. The Labute approximate surface area is 155 Å². The minimum Gasteiger partial charge on any atom is -0.507 e. The molecule has 0 unspecified atom stereocenters. The van der Waals surface area contributed by atoms with Gasteiger partial charge in [-0.2, -0.15) is 0 Å². The molecule has 0 aliphatic heterocycles. The third kappa shape index (κ3) is 3.48. The Kier molecular flexibility index (Phi) is 4.82. The van der Waals surface area contributed by atoms with E-state index in [1.165, 1.54) is 0 Å². The first-order chi connectivity index (χ1) is 12.4. The summed E-state index contributed by atoms with van der Waals surface area (Å²) in [6.07, 6.45) is 0. The van der Waals surface area contributed by atoms with E-state index in [1.807, 2.05) is 13.0 Å². The molecule has 0 bridgehead atoms. The number of amides is 2. The normalized spacial score (nSPS) is 10.6. The van der Waals surface area contributed by atoms with Crippen LogP contribution in [0.4, 0.5) is 11.4 Å². The van der Waals surface area contributed by atoms with Gasteiger partial charge in [-0.15, -0.1) is 0 Å². The standard InChI is InChI=1S/C20H17ClN2O3/c1-11-9-12(2)18(15(21)10-11)23-20(26)19(25)22-16-7-3-6-14-13(16)5-4-8-17(14)24/h3-10,24H,1-2H3,(H,22,25)(H,23,26). The fourth-order valence-electron chi connectivity index (χ4n) is 2.83. The van der Waals surface area contributed by atoms with Crippen LogP contribution in [0.3, 0.4) is 0 Å². The molecule has 0 fully saturated rings. The second-order valence-corrected chi connectivity index (χ2v) is 6.43. The molecule has 132 valence electrons. The van der Waals surface area contributed by atoms with Gasteiger partial charge in [0.25, 0.3) is 0 Å². The van der Waals surface area contributed by atoms with Crippen molar-refractivity contribution in [2.24, 2.45) is 0 Å². The van der Waals surface area contributed by atoms with Crippen molar-refractivity contribution in [3.63, 3.8) is 0 Å². The lowest BCUT2D eigenvalue weighted by molar-refractivity contribution is -0.132. The van der Waals surface area contributed by atoms with Crippen LogP contribution < -0.4 is 10.6 Å². The maximum absolute atomic E-state index is 12.3. The molecule has 5 nitrogen and oxygen atoms in total. The van der Waals surface area contributed by atoms with Crippen LogP contribution in [-0.2, 0) is 9.59 Å². The van der Waals surface area contributed by atoms with Crippen molar-refractivity contribution < 1.29 is 14.7 Å². The molecule has 3 rings (SSSR count). The average Bonchev–Trinajstić information content (AvgIpc) is 2.58. The molecule has 0 aliphatic rings. The topological polar surface area (TPSA) is 78.4 Å². The Balaban J connectivity index is 1.83. The van der Waals surface area contributed by atoms with E-state index in [4.69, 9.17) is 11.6 Å². The third-order valence-corrected chi connectivity index (χ3v) is 4.32. The zero-order valence-corrected chi connectivity index (χ0v) is 15.0. The van der Waals surface area contributed by atoms with Crippen molar-refractivity contribution in [3.8, 4) is 5.75 Å². The molecule has 26 heavy (non-hydrogen) atoms.